The van der Waals surface area contributed by atoms with Crippen molar-refractivity contribution >= 4 is 34.9 Å². The third-order valence-electron chi connectivity index (χ3n) is 4.67. The predicted molar refractivity (Wildman–Crippen MR) is 119 cm³/mol. The van der Waals surface area contributed by atoms with Crippen molar-refractivity contribution in [3.8, 4) is 0 Å². The zero-order valence-corrected chi connectivity index (χ0v) is 17.8. The minimum Gasteiger partial charge on any atom is -0.454 e. The molecular weight excluding hydrogens is 420 g/mol. The first-order valence-corrected chi connectivity index (χ1v) is 10.4. The number of carbonyl (C=O) groups excluding carboxylic acids is 2. The van der Waals surface area contributed by atoms with Crippen LogP contribution in [-0.4, -0.2) is 24.1 Å². The number of ether oxygens (including phenoxy) is 1. The highest BCUT2D eigenvalue weighted by atomic mass is 32.2. The molecule has 7 heteroatoms. The van der Waals surface area contributed by atoms with Crippen molar-refractivity contribution in [2.24, 2.45) is 0 Å². The van der Waals surface area contributed by atoms with E-state index in [0.29, 0.717) is 33.6 Å². The Morgan fingerprint density at radius 3 is 2.35 bits per heavy atom. The zero-order valence-electron chi connectivity index (χ0n) is 17.0. The van der Waals surface area contributed by atoms with Crippen molar-refractivity contribution in [1.82, 2.24) is 0 Å². The summed E-state index contributed by atoms with van der Waals surface area (Å²) >= 11 is 0.463. The van der Waals surface area contributed by atoms with E-state index in [9.17, 15) is 18.4 Å². The first kappa shape index (κ1) is 22.5. The van der Waals surface area contributed by atoms with Crippen LogP contribution in [0.1, 0.15) is 31.8 Å². The number of esters is 1. The summed E-state index contributed by atoms with van der Waals surface area (Å²) in [7, 11) is 0. The largest absolute Gasteiger partial charge is 0.454 e. The molecule has 0 aliphatic heterocycles. The molecule has 0 unspecified atom stereocenters. The summed E-state index contributed by atoms with van der Waals surface area (Å²) in [6, 6.07) is 18.5. The van der Waals surface area contributed by atoms with Gasteiger partial charge in [0.2, 0.25) is 0 Å². The van der Waals surface area contributed by atoms with Gasteiger partial charge in [0.25, 0.3) is 5.76 Å². The van der Waals surface area contributed by atoms with Gasteiger partial charge >= 0.3 is 5.97 Å². The van der Waals surface area contributed by atoms with Crippen LogP contribution in [0.15, 0.2) is 71.6 Å². The number of Topliss-reactive ketones (excluding diaryl/α,β-unsaturated/α-hetero) is 1. The minimum atomic E-state index is -2.49. The molecule has 0 saturated carbocycles. The Morgan fingerprint density at radius 2 is 1.68 bits per heavy atom. The second kappa shape index (κ2) is 10.2. The number of rotatable bonds is 8. The fourth-order valence-corrected chi connectivity index (χ4v) is 3.35. The molecular formula is C24H21F2NO3S. The van der Waals surface area contributed by atoms with Gasteiger partial charge in [0.05, 0.1) is 11.3 Å². The van der Waals surface area contributed by atoms with E-state index in [-0.39, 0.29) is 18.0 Å². The maximum Gasteiger partial charge on any atom is 0.340 e. The van der Waals surface area contributed by atoms with Gasteiger partial charge in [-0.2, -0.15) is 8.78 Å². The summed E-state index contributed by atoms with van der Waals surface area (Å²) in [6.45, 7) is 3.51. The Labute approximate surface area is 183 Å². The lowest BCUT2D eigenvalue weighted by molar-refractivity contribution is 0.0475. The quantitative estimate of drug-likeness (QED) is 0.249. The molecule has 0 fully saturated rings. The van der Waals surface area contributed by atoms with Gasteiger partial charge in [-0.25, -0.2) is 4.79 Å². The van der Waals surface area contributed by atoms with Crippen molar-refractivity contribution < 1.29 is 23.1 Å². The highest BCUT2D eigenvalue weighted by Crippen LogP contribution is 2.28. The molecule has 0 aliphatic carbocycles. The summed E-state index contributed by atoms with van der Waals surface area (Å²) in [5.74, 6) is -3.40. The predicted octanol–water partition coefficient (Wildman–Crippen LogP) is 6.40. The smallest absolute Gasteiger partial charge is 0.340 e. The summed E-state index contributed by atoms with van der Waals surface area (Å²) in [4.78, 5) is 25.4. The van der Waals surface area contributed by atoms with Crippen LogP contribution in [0.4, 0.5) is 20.2 Å². The third kappa shape index (κ3) is 6.15. The van der Waals surface area contributed by atoms with Crippen LogP contribution in [-0.2, 0) is 4.74 Å². The van der Waals surface area contributed by atoms with E-state index in [1.807, 2.05) is 19.9 Å². The number of nitrogens with one attached hydrogen (secondary N) is 1. The number of para-hydroxylation sites is 1. The molecule has 0 aliphatic rings. The van der Waals surface area contributed by atoms with Crippen molar-refractivity contribution in [1.29, 1.82) is 0 Å². The molecule has 0 heterocycles. The monoisotopic (exact) mass is 441 g/mol. The molecule has 3 aromatic carbocycles. The normalized spacial score (nSPS) is 10.7. The van der Waals surface area contributed by atoms with Gasteiger partial charge in [-0.3, -0.25) is 4.79 Å². The van der Waals surface area contributed by atoms with Crippen LogP contribution in [0.25, 0.3) is 0 Å². The summed E-state index contributed by atoms with van der Waals surface area (Å²) < 4.78 is 30.2. The highest BCUT2D eigenvalue weighted by molar-refractivity contribution is 7.99. The number of benzene rings is 3. The Kier molecular flexibility index (Phi) is 7.41. The zero-order chi connectivity index (χ0) is 22.4. The van der Waals surface area contributed by atoms with E-state index in [4.69, 9.17) is 4.74 Å². The molecule has 0 atom stereocenters. The van der Waals surface area contributed by atoms with Gasteiger partial charge in [-0.15, -0.1) is 0 Å². The number of alkyl halides is 2. The molecule has 0 amide bonds. The molecule has 0 bridgehead atoms. The molecule has 0 aromatic heterocycles. The van der Waals surface area contributed by atoms with Crippen molar-refractivity contribution in [3.63, 3.8) is 0 Å². The molecule has 3 aromatic rings. The topological polar surface area (TPSA) is 55.4 Å². The lowest BCUT2D eigenvalue weighted by Gasteiger charge is -2.12. The molecule has 0 radical (unpaired) electrons. The lowest BCUT2D eigenvalue weighted by Crippen LogP contribution is -2.15. The van der Waals surface area contributed by atoms with Crippen LogP contribution in [0.2, 0.25) is 0 Å². The molecule has 3 rings (SSSR count). The second-order valence-electron chi connectivity index (χ2n) is 6.87. The fraction of sp³-hybridized carbons (Fsp3) is 0.167. The van der Waals surface area contributed by atoms with E-state index in [0.717, 1.165) is 11.1 Å². The minimum absolute atomic E-state index is 0.265. The maximum atomic E-state index is 12.6. The summed E-state index contributed by atoms with van der Waals surface area (Å²) in [6.07, 6.45) is 0. The number of anilines is 2. The van der Waals surface area contributed by atoms with Crippen LogP contribution in [0.5, 0.6) is 0 Å². The number of ketones is 1. The number of halogens is 2. The number of aryl methyl sites for hydroxylation is 2. The van der Waals surface area contributed by atoms with Gasteiger partial charge in [0.15, 0.2) is 12.4 Å². The Morgan fingerprint density at radius 1 is 0.968 bits per heavy atom. The van der Waals surface area contributed by atoms with E-state index in [1.165, 1.54) is 0 Å². The van der Waals surface area contributed by atoms with Gasteiger partial charge in [0.1, 0.15) is 0 Å². The third-order valence-corrected chi connectivity index (χ3v) is 5.39. The van der Waals surface area contributed by atoms with Crippen LogP contribution >= 0.6 is 11.8 Å². The van der Waals surface area contributed by atoms with Crippen molar-refractivity contribution in [2.75, 3.05) is 11.9 Å². The van der Waals surface area contributed by atoms with Crippen LogP contribution in [0.3, 0.4) is 0 Å². The Balaban J connectivity index is 1.67. The highest BCUT2D eigenvalue weighted by Gasteiger charge is 2.16. The molecule has 0 spiro atoms. The molecule has 1 N–H and O–H groups in total. The fourth-order valence-electron chi connectivity index (χ4n) is 2.85. The van der Waals surface area contributed by atoms with E-state index in [1.54, 1.807) is 60.7 Å². The average Bonchev–Trinajstić information content (AvgIpc) is 2.75. The van der Waals surface area contributed by atoms with Crippen molar-refractivity contribution in [3.05, 3.63) is 89.0 Å². The number of carbonyl (C=O) groups is 2. The SMILES string of the molecule is Cc1ccc(C(=O)COC(=O)c2ccccc2Nc2ccc(SC(F)F)cc2)cc1C. The first-order valence-electron chi connectivity index (χ1n) is 9.52. The number of thioether (sulfide) groups is 1. The van der Waals surface area contributed by atoms with Gasteiger partial charge in [0, 0.05) is 16.1 Å². The van der Waals surface area contributed by atoms with E-state index in [2.05, 4.69) is 5.32 Å². The second-order valence-corrected chi connectivity index (χ2v) is 7.94. The van der Waals surface area contributed by atoms with Crippen molar-refractivity contribution in [2.45, 2.75) is 24.5 Å². The number of hydrogen-bond donors (Lipinski definition) is 1. The summed E-state index contributed by atoms with van der Waals surface area (Å²) in [5.41, 5.74) is 3.94. The van der Waals surface area contributed by atoms with Crippen LogP contribution in [0, 0.1) is 13.8 Å². The van der Waals surface area contributed by atoms with E-state index >= 15 is 0 Å². The average molecular weight is 441 g/mol. The first-order chi connectivity index (χ1) is 14.8. The van der Waals surface area contributed by atoms with Crippen LogP contribution < -0.4 is 5.32 Å². The molecule has 160 valence electrons. The van der Waals surface area contributed by atoms with Gasteiger partial charge in [-0.05, 0) is 67.4 Å². The standard InChI is InChI=1S/C24H21F2NO3S/c1-15-7-8-17(13-16(15)2)22(28)14-30-23(29)20-5-3-4-6-21(20)27-18-9-11-19(12-10-18)31-24(25)26/h3-13,24,27H,14H2,1-2H3. The Hall–Kier alpha value is -3.19. The number of hydrogen-bond acceptors (Lipinski definition) is 5. The lowest BCUT2D eigenvalue weighted by atomic mass is 10.0. The van der Waals surface area contributed by atoms with E-state index < -0.39 is 11.7 Å². The molecule has 31 heavy (non-hydrogen) atoms. The molecule has 0 saturated heterocycles. The van der Waals surface area contributed by atoms with Gasteiger partial charge < -0.3 is 10.1 Å². The Bertz CT molecular complexity index is 1080. The maximum absolute atomic E-state index is 12.6. The summed E-state index contributed by atoms with van der Waals surface area (Å²) in [5, 5.41) is 3.08. The van der Waals surface area contributed by atoms with Gasteiger partial charge in [-0.1, -0.05) is 36.0 Å². The molecule has 4 nitrogen and oxygen atoms in total.